The molecule has 3 amide bonds. The Morgan fingerprint density at radius 3 is 2.54 bits per heavy atom. The van der Waals surface area contributed by atoms with E-state index < -0.39 is 34.3 Å². The van der Waals surface area contributed by atoms with Crippen molar-refractivity contribution in [3.05, 3.63) is 72.6 Å². The summed E-state index contributed by atoms with van der Waals surface area (Å²) in [5.74, 6) is -1.29. The van der Waals surface area contributed by atoms with Crippen LogP contribution in [0, 0.1) is 11.3 Å². The highest BCUT2D eigenvalue weighted by Crippen LogP contribution is 2.28. The number of hydrogen-bond acceptors (Lipinski definition) is 7. The summed E-state index contributed by atoms with van der Waals surface area (Å²) < 4.78 is 29.8. The number of nitrogens with two attached hydrogens (primary N) is 1. The third kappa shape index (κ3) is 8.57. The molecule has 1 saturated carbocycles. The maximum Gasteiger partial charge on any atom is 0.252 e. The number of aromatic nitrogens is 1. The molecule has 2 heterocycles. The van der Waals surface area contributed by atoms with Gasteiger partial charge in [-0.05, 0) is 66.6 Å². The third-order valence-corrected chi connectivity index (χ3v) is 9.77. The van der Waals surface area contributed by atoms with Crippen molar-refractivity contribution in [2.75, 3.05) is 32.7 Å². The van der Waals surface area contributed by atoms with Gasteiger partial charge in [0, 0.05) is 51.2 Å². The second-order valence-corrected chi connectivity index (χ2v) is 13.5. The molecule has 0 bridgehead atoms. The third-order valence-electron chi connectivity index (χ3n) is 8.30. The van der Waals surface area contributed by atoms with Crippen LogP contribution >= 0.6 is 0 Å². The van der Waals surface area contributed by atoms with Crippen LogP contribution in [0.15, 0.2) is 71.9 Å². The summed E-state index contributed by atoms with van der Waals surface area (Å²) >= 11 is 0. The molecule has 5 rings (SSSR count). The molecule has 2 atom stereocenters. The van der Waals surface area contributed by atoms with E-state index in [1.165, 1.54) is 18.3 Å². The van der Waals surface area contributed by atoms with E-state index in [2.05, 4.69) is 20.3 Å². The minimum absolute atomic E-state index is 0.0124. The number of likely N-dealkylation sites (tertiary alicyclic amines) is 1. The maximum absolute atomic E-state index is 14.0. The van der Waals surface area contributed by atoms with E-state index in [0.29, 0.717) is 25.2 Å². The van der Waals surface area contributed by atoms with Crippen molar-refractivity contribution in [1.29, 1.82) is 5.41 Å². The van der Waals surface area contributed by atoms with Gasteiger partial charge in [-0.3, -0.25) is 24.8 Å². The lowest BCUT2D eigenvalue weighted by atomic mass is 9.98. The first kappa shape index (κ1) is 32.8. The number of rotatable bonds is 13. The van der Waals surface area contributed by atoms with Crippen LogP contribution in [0.4, 0.5) is 0 Å². The van der Waals surface area contributed by atoms with E-state index >= 15 is 0 Å². The van der Waals surface area contributed by atoms with Crippen molar-refractivity contribution in [3.8, 4) is 0 Å². The summed E-state index contributed by atoms with van der Waals surface area (Å²) in [6, 6.07) is 13.9. The van der Waals surface area contributed by atoms with Crippen LogP contribution in [0.1, 0.15) is 42.5 Å². The number of guanidine groups is 1. The van der Waals surface area contributed by atoms with Crippen LogP contribution < -0.4 is 21.1 Å². The predicted molar refractivity (Wildman–Crippen MR) is 173 cm³/mol. The topological polar surface area (TPSA) is 191 Å². The Bertz CT molecular complexity index is 1680. The SMILES string of the molecule is N=C(N)N1CCC[C@@H](CNC(=O)C[C@H](NS(=O)(=O)c2ccc3ccccc3c2)C(=O)N(CCNC(=O)c2cccnc2)C2CC2)C1. The van der Waals surface area contributed by atoms with Crippen LogP contribution in [-0.2, 0) is 19.6 Å². The van der Waals surface area contributed by atoms with E-state index in [1.54, 1.807) is 40.3 Å². The molecule has 2 fully saturated rings. The minimum atomic E-state index is -4.20. The lowest BCUT2D eigenvalue weighted by Gasteiger charge is -2.33. The van der Waals surface area contributed by atoms with E-state index in [-0.39, 0.29) is 41.8 Å². The Hall–Kier alpha value is -4.56. The monoisotopic (exact) mass is 648 g/mol. The Kier molecular flexibility index (Phi) is 10.5. The van der Waals surface area contributed by atoms with Crippen molar-refractivity contribution in [3.63, 3.8) is 0 Å². The number of fused-ring (bicyclic) bond motifs is 1. The summed E-state index contributed by atoms with van der Waals surface area (Å²) in [5, 5.41) is 15.0. The van der Waals surface area contributed by atoms with Gasteiger partial charge in [-0.15, -0.1) is 0 Å². The van der Waals surface area contributed by atoms with Gasteiger partial charge in [0.1, 0.15) is 6.04 Å². The van der Waals surface area contributed by atoms with Crippen LogP contribution in [0.5, 0.6) is 0 Å². The van der Waals surface area contributed by atoms with Crippen molar-refractivity contribution in [2.24, 2.45) is 11.7 Å². The Morgan fingerprint density at radius 1 is 1.04 bits per heavy atom. The first-order valence-electron chi connectivity index (χ1n) is 15.5. The number of sulfonamides is 1. The fourth-order valence-corrected chi connectivity index (χ4v) is 6.91. The van der Waals surface area contributed by atoms with E-state index in [1.807, 2.05) is 18.2 Å². The molecule has 0 spiro atoms. The van der Waals surface area contributed by atoms with Gasteiger partial charge in [0.25, 0.3) is 5.91 Å². The van der Waals surface area contributed by atoms with Crippen molar-refractivity contribution < 1.29 is 22.8 Å². The fraction of sp³-hybridized carbons (Fsp3) is 0.406. The lowest BCUT2D eigenvalue weighted by molar-refractivity contribution is -0.136. The largest absolute Gasteiger partial charge is 0.370 e. The predicted octanol–water partition coefficient (Wildman–Crippen LogP) is 1.41. The molecule has 1 saturated heterocycles. The minimum Gasteiger partial charge on any atom is -0.370 e. The van der Waals surface area contributed by atoms with Gasteiger partial charge in [-0.25, -0.2) is 8.42 Å². The molecule has 0 unspecified atom stereocenters. The number of amides is 3. The van der Waals surface area contributed by atoms with Gasteiger partial charge >= 0.3 is 0 Å². The fourth-order valence-electron chi connectivity index (χ4n) is 5.68. The second-order valence-electron chi connectivity index (χ2n) is 11.8. The summed E-state index contributed by atoms with van der Waals surface area (Å²) in [6.45, 7) is 1.82. The van der Waals surface area contributed by atoms with Crippen LogP contribution in [0.2, 0.25) is 0 Å². The van der Waals surface area contributed by atoms with Crippen LogP contribution in [0.3, 0.4) is 0 Å². The van der Waals surface area contributed by atoms with Gasteiger partial charge in [0.05, 0.1) is 16.9 Å². The smallest absolute Gasteiger partial charge is 0.252 e. The van der Waals surface area contributed by atoms with Crippen molar-refractivity contribution in [1.82, 2.24) is 30.1 Å². The van der Waals surface area contributed by atoms with Gasteiger partial charge in [-0.2, -0.15) is 4.72 Å². The summed E-state index contributed by atoms with van der Waals surface area (Å²) in [4.78, 5) is 47.0. The number of piperidine rings is 1. The number of nitrogens with zero attached hydrogens (tertiary/aromatic N) is 3. The summed E-state index contributed by atoms with van der Waals surface area (Å²) in [7, 11) is -4.20. The number of benzene rings is 2. The van der Waals surface area contributed by atoms with Crippen LogP contribution in [0.25, 0.3) is 10.8 Å². The number of nitrogens with one attached hydrogen (secondary N) is 4. The lowest BCUT2D eigenvalue weighted by Crippen LogP contribution is -2.53. The molecule has 244 valence electrons. The second kappa shape index (κ2) is 14.7. The number of carbonyl (C=O) groups excluding carboxylic acids is 3. The molecular formula is C32H40N8O5S. The highest BCUT2D eigenvalue weighted by atomic mass is 32.2. The average Bonchev–Trinajstić information content (AvgIpc) is 3.91. The molecule has 1 aromatic heterocycles. The van der Waals surface area contributed by atoms with Gasteiger partial charge in [0.15, 0.2) is 5.96 Å². The molecular weight excluding hydrogens is 608 g/mol. The zero-order chi connectivity index (χ0) is 32.7. The molecule has 0 radical (unpaired) electrons. The molecule has 1 aliphatic heterocycles. The van der Waals surface area contributed by atoms with E-state index in [9.17, 15) is 22.8 Å². The highest BCUT2D eigenvalue weighted by molar-refractivity contribution is 7.89. The average molecular weight is 649 g/mol. The van der Waals surface area contributed by atoms with Gasteiger partial charge in [0.2, 0.25) is 21.8 Å². The Balaban J connectivity index is 1.30. The quantitative estimate of drug-likeness (QED) is 0.136. The Morgan fingerprint density at radius 2 is 1.83 bits per heavy atom. The maximum atomic E-state index is 14.0. The summed E-state index contributed by atoms with van der Waals surface area (Å²) in [6.07, 6.45) is 5.78. The summed E-state index contributed by atoms with van der Waals surface area (Å²) in [5.41, 5.74) is 6.03. The zero-order valence-corrected chi connectivity index (χ0v) is 26.3. The number of carbonyl (C=O) groups is 3. The standard InChI is InChI=1S/C32H40N8O5S/c33-32(34)39-15-4-5-22(21-39)19-37-29(41)18-28(38-46(44,45)27-12-9-23-6-1-2-7-24(23)17-27)31(43)40(26-10-11-26)16-14-36-30(42)25-8-3-13-35-20-25/h1-3,6-9,12-13,17,20,22,26,28,38H,4-5,10-11,14-16,18-19,21H2,(H3,33,34)(H,36,42)(H,37,41)/t22-,28-/m0/s1. The zero-order valence-electron chi connectivity index (χ0n) is 25.5. The van der Waals surface area contributed by atoms with Crippen molar-refractivity contribution in [2.45, 2.75) is 49.1 Å². The molecule has 46 heavy (non-hydrogen) atoms. The molecule has 14 heteroatoms. The molecule has 1 aliphatic carbocycles. The normalized spacial score (nSPS) is 17.2. The molecule has 3 aromatic rings. The van der Waals surface area contributed by atoms with Crippen molar-refractivity contribution >= 4 is 44.5 Å². The molecule has 2 aliphatic rings. The van der Waals surface area contributed by atoms with Gasteiger partial charge in [-0.1, -0.05) is 30.3 Å². The molecule has 2 aromatic carbocycles. The number of hydrogen-bond donors (Lipinski definition) is 5. The molecule has 6 N–H and O–H groups in total. The van der Waals surface area contributed by atoms with Crippen LogP contribution in [-0.4, -0.2) is 91.7 Å². The van der Waals surface area contributed by atoms with E-state index in [0.717, 1.165) is 36.5 Å². The van der Waals surface area contributed by atoms with E-state index in [4.69, 9.17) is 11.1 Å². The number of pyridine rings is 1. The highest BCUT2D eigenvalue weighted by Gasteiger charge is 2.38. The molecule has 13 nitrogen and oxygen atoms in total. The first-order valence-corrected chi connectivity index (χ1v) is 16.9. The first-order chi connectivity index (χ1) is 22.1. The Labute approximate surface area is 268 Å². The van der Waals surface area contributed by atoms with Gasteiger partial charge < -0.3 is 26.2 Å².